The largest absolute Gasteiger partial charge is 0.486 e. The monoisotopic (exact) mass is 389 g/mol. The SMILES string of the molecule is CC(=O)c1cccc(Nc2cc(C(=O)Nc3ccc4c(c3)OCCO4)ccn2)c1. The summed E-state index contributed by atoms with van der Waals surface area (Å²) in [5, 5.41) is 5.97. The van der Waals surface area contributed by atoms with Crippen LogP contribution in [0, 0.1) is 0 Å². The van der Waals surface area contributed by atoms with Gasteiger partial charge in [0.05, 0.1) is 0 Å². The van der Waals surface area contributed by atoms with Crippen LogP contribution in [-0.2, 0) is 0 Å². The molecule has 1 aliphatic heterocycles. The number of nitrogens with zero attached hydrogens (tertiary/aromatic N) is 1. The summed E-state index contributed by atoms with van der Waals surface area (Å²) >= 11 is 0. The van der Waals surface area contributed by atoms with Crippen molar-refractivity contribution in [3.8, 4) is 11.5 Å². The lowest BCUT2D eigenvalue weighted by atomic mass is 10.1. The second kappa shape index (κ2) is 8.02. The minimum absolute atomic E-state index is 0.0193. The van der Waals surface area contributed by atoms with Gasteiger partial charge < -0.3 is 20.1 Å². The summed E-state index contributed by atoms with van der Waals surface area (Å²) in [5.41, 5.74) is 2.37. The van der Waals surface area contributed by atoms with E-state index in [1.807, 2.05) is 6.07 Å². The van der Waals surface area contributed by atoms with Crippen molar-refractivity contribution in [2.24, 2.45) is 0 Å². The minimum atomic E-state index is -0.274. The number of hydrogen-bond donors (Lipinski definition) is 2. The molecule has 0 bridgehead atoms. The van der Waals surface area contributed by atoms with Crippen LogP contribution in [-0.4, -0.2) is 29.9 Å². The zero-order chi connectivity index (χ0) is 20.2. The van der Waals surface area contributed by atoms with E-state index >= 15 is 0 Å². The smallest absolute Gasteiger partial charge is 0.255 e. The molecule has 0 saturated carbocycles. The van der Waals surface area contributed by atoms with Crippen LogP contribution < -0.4 is 20.1 Å². The van der Waals surface area contributed by atoms with Gasteiger partial charge in [0, 0.05) is 34.8 Å². The second-order valence-corrected chi connectivity index (χ2v) is 6.50. The summed E-state index contributed by atoms with van der Waals surface area (Å²) in [5.74, 6) is 1.48. The number of amides is 1. The highest BCUT2D eigenvalue weighted by Crippen LogP contribution is 2.32. The van der Waals surface area contributed by atoms with E-state index in [0.29, 0.717) is 47.3 Å². The number of carbonyl (C=O) groups excluding carboxylic acids is 2. The third-order valence-corrected chi connectivity index (χ3v) is 4.36. The number of carbonyl (C=O) groups is 2. The molecule has 2 heterocycles. The number of Topliss-reactive ketones (excluding diaryl/α,β-unsaturated/α-hetero) is 1. The number of anilines is 3. The molecule has 2 N–H and O–H groups in total. The van der Waals surface area contributed by atoms with E-state index in [2.05, 4.69) is 15.6 Å². The Kier molecular flexibility index (Phi) is 5.11. The molecule has 1 aromatic heterocycles. The van der Waals surface area contributed by atoms with Crippen molar-refractivity contribution in [3.05, 3.63) is 71.9 Å². The number of fused-ring (bicyclic) bond motifs is 1. The summed E-state index contributed by atoms with van der Waals surface area (Å²) in [6, 6.07) is 15.7. The number of rotatable bonds is 5. The zero-order valence-corrected chi connectivity index (χ0v) is 15.8. The van der Waals surface area contributed by atoms with Gasteiger partial charge in [-0.1, -0.05) is 12.1 Å². The molecule has 7 nitrogen and oxygen atoms in total. The Hall–Kier alpha value is -3.87. The Balaban J connectivity index is 1.49. The molecule has 1 amide bonds. The quantitative estimate of drug-likeness (QED) is 0.640. The van der Waals surface area contributed by atoms with Crippen LogP contribution in [0.4, 0.5) is 17.2 Å². The van der Waals surface area contributed by atoms with Gasteiger partial charge in [-0.15, -0.1) is 0 Å². The molecule has 146 valence electrons. The molecule has 0 radical (unpaired) electrons. The Bertz CT molecular complexity index is 1080. The Morgan fingerprint density at radius 1 is 0.897 bits per heavy atom. The predicted octanol–water partition coefficient (Wildman–Crippen LogP) is 4.05. The first-order chi connectivity index (χ1) is 14.1. The number of pyridine rings is 1. The number of aromatic nitrogens is 1. The number of benzene rings is 2. The molecule has 2 aromatic carbocycles. The van der Waals surface area contributed by atoms with Crippen LogP contribution in [0.25, 0.3) is 0 Å². The van der Waals surface area contributed by atoms with Crippen molar-refractivity contribution >= 4 is 28.9 Å². The molecule has 0 saturated heterocycles. The van der Waals surface area contributed by atoms with Crippen molar-refractivity contribution in [2.45, 2.75) is 6.92 Å². The number of ether oxygens (including phenoxy) is 2. The van der Waals surface area contributed by atoms with Gasteiger partial charge in [-0.05, 0) is 43.3 Å². The second-order valence-electron chi connectivity index (χ2n) is 6.50. The van der Waals surface area contributed by atoms with Gasteiger partial charge in [0.2, 0.25) is 0 Å². The highest BCUT2D eigenvalue weighted by Gasteiger charge is 2.14. The van der Waals surface area contributed by atoms with Crippen molar-refractivity contribution in [3.63, 3.8) is 0 Å². The Labute approximate surface area is 167 Å². The van der Waals surface area contributed by atoms with Gasteiger partial charge >= 0.3 is 0 Å². The van der Waals surface area contributed by atoms with Gasteiger partial charge in [-0.3, -0.25) is 9.59 Å². The topological polar surface area (TPSA) is 89.6 Å². The third kappa shape index (κ3) is 4.35. The maximum Gasteiger partial charge on any atom is 0.255 e. The van der Waals surface area contributed by atoms with E-state index in [-0.39, 0.29) is 11.7 Å². The molecule has 0 aliphatic carbocycles. The molecule has 0 unspecified atom stereocenters. The van der Waals surface area contributed by atoms with Crippen molar-refractivity contribution in [2.75, 3.05) is 23.8 Å². The maximum absolute atomic E-state index is 12.6. The molecular weight excluding hydrogens is 370 g/mol. The minimum Gasteiger partial charge on any atom is -0.486 e. The van der Waals surface area contributed by atoms with Crippen LogP contribution in [0.1, 0.15) is 27.6 Å². The van der Waals surface area contributed by atoms with E-state index in [4.69, 9.17) is 9.47 Å². The summed E-state index contributed by atoms with van der Waals surface area (Å²) < 4.78 is 11.0. The zero-order valence-electron chi connectivity index (χ0n) is 15.8. The van der Waals surface area contributed by atoms with E-state index in [1.165, 1.54) is 6.92 Å². The molecule has 0 spiro atoms. The molecule has 1 aliphatic rings. The van der Waals surface area contributed by atoms with Gasteiger partial charge in [0.25, 0.3) is 5.91 Å². The van der Waals surface area contributed by atoms with Crippen LogP contribution in [0.15, 0.2) is 60.8 Å². The van der Waals surface area contributed by atoms with Gasteiger partial charge in [0.15, 0.2) is 17.3 Å². The Morgan fingerprint density at radius 2 is 1.72 bits per heavy atom. The first-order valence-electron chi connectivity index (χ1n) is 9.13. The van der Waals surface area contributed by atoms with Crippen LogP contribution >= 0.6 is 0 Å². The fourth-order valence-electron chi connectivity index (χ4n) is 2.93. The number of ketones is 1. The summed E-state index contributed by atoms with van der Waals surface area (Å²) in [6.07, 6.45) is 1.55. The van der Waals surface area contributed by atoms with E-state index in [0.717, 1.165) is 5.69 Å². The lowest BCUT2D eigenvalue weighted by Crippen LogP contribution is -2.16. The van der Waals surface area contributed by atoms with Gasteiger partial charge in [-0.2, -0.15) is 0 Å². The lowest BCUT2D eigenvalue weighted by molar-refractivity contribution is 0.101. The average molecular weight is 389 g/mol. The number of nitrogens with one attached hydrogen (secondary N) is 2. The molecule has 0 atom stereocenters. The average Bonchev–Trinajstić information content (AvgIpc) is 2.74. The fraction of sp³-hybridized carbons (Fsp3) is 0.136. The predicted molar refractivity (Wildman–Crippen MR) is 109 cm³/mol. The van der Waals surface area contributed by atoms with E-state index in [9.17, 15) is 9.59 Å². The Morgan fingerprint density at radius 3 is 2.55 bits per heavy atom. The highest BCUT2D eigenvalue weighted by atomic mass is 16.6. The van der Waals surface area contributed by atoms with E-state index < -0.39 is 0 Å². The molecule has 29 heavy (non-hydrogen) atoms. The molecule has 0 fully saturated rings. The first kappa shape index (κ1) is 18.5. The van der Waals surface area contributed by atoms with Crippen LogP contribution in [0.5, 0.6) is 11.5 Å². The summed E-state index contributed by atoms with van der Waals surface area (Å²) in [7, 11) is 0. The van der Waals surface area contributed by atoms with E-state index in [1.54, 1.807) is 54.7 Å². The third-order valence-electron chi connectivity index (χ3n) is 4.36. The van der Waals surface area contributed by atoms with Gasteiger partial charge in [-0.25, -0.2) is 4.98 Å². The molecular formula is C22H19N3O4. The molecule has 3 aromatic rings. The van der Waals surface area contributed by atoms with Crippen molar-refractivity contribution in [1.29, 1.82) is 0 Å². The number of hydrogen-bond acceptors (Lipinski definition) is 6. The fourth-order valence-corrected chi connectivity index (χ4v) is 2.93. The highest BCUT2D eigenvalue weighted by molar-refractivity contribution is 6.04. The molecule has 7 heteroatoms. The summed E-state index contributed by atoms with van der Waals surface area (Å²) in [6.45, 7) is 2.51. The molecule has 4 rings (SSSR count). The van der Waals surface area contributed by atoms with Crippen molar-refractivity contribution < 1.29 is 19.1 Å². The van der Waals surface area contributed by atoms with Crippen LogP contribution in [0.2, 0.25) is 0 Å². The summed E-state index contributed by atoms with van der Waals surface area (Å²) in [4.78, 5) is 28.4. The van der Waals surface area contributed by atoms with Gasteiger partial charge in [0.1, 0.15) is 19.0 Å². The first-order valence-corrected chi connectivity index (χ1v) is 9.13. The van der Waals surface area contributed by atoms with Crippen LogP contribution in [0.3, 0.4) is 0 Å². The normalized spacial score (nSPS) is 12.2. The standard InChI is InChI=1S/C22H19N3O4/c1-14(26)15-3-2-4-17(11-15)24-21-12-16(7-8-23-21)22(27)25-18-5-6-19-20(13-18)29-10-9-28-19/h2-8,11-13H,9-10H2,1H3,(H,23,24)(H,25,27). The lowest BCUT2D eigenvalue weighted by Gasteiger charge is -2.19. The maximum atomic E-state index is 12.6. The van der Waals surface area contributed by atoms with Crippen molar-refractivity contribution in [1.82, 2.24) is 4.98 Å².